The van der Waals surface area contributed by atoms with Gasteiger partial charge in [-0.25, -0.2) is 0 Å². The zero-order valence-corrected chi connectivity index (χ0v) is 12.6. The summed E-state index contributed by atoms with van der Waals surface area (Å²) in [6.45, 7) is 4.47. The van der Waals surface area contributed by atoms with E-state index in [2.05, 4.69) is 55.6 Å². The molecule has 0 spiro atoms. The number of anilines is 1. The van der Waals surface area contributed by atoms with Gasteiger partial charge in [-0.05, 0) is 41.2 Å². The zero-order valence-electron chi connectivity index (χ0n) is 12.6. The van der Waals surface area contributed by atoms with Crippen LogP contribution in [0.2, 0.25) is 0 Å². The van der Waals surface area contributed by atoms with Crippen molar-refractivity contribution in [3.63, 3.8) is 0 Å². The van der Waals surface area contributed by atoms with Crippen LogP contribution in [0.15, 0.2) is 48.5 Å². The summed E-state index contributed by atoms with van der Waals surface area (Å²) in [6.07, 6.45) is 1.16. The largest absolute Gasteiger partial charge is 0.388 e. The number of rotatable bonds is 5. The van der Waals surface area contributed by atoms with Gasteiger partial charge in [0.05, 0.1) is 6.04 Å². The normalized spacial score (nSPS) is 13.8. The van der Waals surface area contributed by atoms with Crippen LogP contribution < -0.4 is 11.1 Å². The van der Waals surface area contributed by atoms with Gasteiger partial charge < -0.3 is 11.1 Å². The van der Waals surface area contributed by atoms with Crippen molar-refractivity contribution in [3.05, 3.63) is 65.2 Å². The molecule has 0 aliphatic carbocycles. The van der Waals surface area contributed by atoms with Crippen LogP contribution in [-0.4, -0.2) is 7.05 Å². The highest BCUT2D eigenvalue weighted by molar-refractivity contribution is 5.47. The molecule has 2 aromatic carbocycles. The molecule has 0 heterocycles. The standard InChI is InChI=1S/C18H24N2/c1-4-13(2)14-8-10-15(11-9-14)18(19)16-6-5-7-17(12-16)20-3/h5-13,18,20H,4,19H2,1-3H3. The number of hydrogen-bond donors (Lipinski definition) is 2. The summed E-state index contributed by atoms with van der Waals surface area (Å²) in [5.74, 6) is 0.605. The van der Waals surface area contributed by atoms with Crippen molar-refractivity contribution >= 4 is 5.69 Å². The Kier molecular flexibility index (Phi) is 4.80. The van der Waals surface area contributed by atoms with Crippen LogP contribution in [0.1, 0.15) is 48.9 Å². The van der Waals surface area contributed by atoms with Crippen LogP contribution in [0, 0.1) is 0 Å². The third kappa shape index (κ3) is 3.20. The third-order valence-electron chi connectivity index (χ3n) is 4.01. The highest BCUT2D eigenvalue weighted by atomic mass is 14.8. The SMILES string of the molecule is CCC(C)c1ccc(C(N)c2cccc(NC)c2)cc1. The van der Waals surface area contributed by atoms with Gasteiger partial charge in [0.2, 0.25) is 0 Å². The Bertz CT molecular complexity index is 546. The predicted molar refractivity (Wildman–Crippen MR) is 87.2 cm³/mol. The highest BCUT2D eigenvalue weighted by Crippen LogP contribution is 2.25. The minimum absolute atomic E-state index is 0.0747. The van der Waals surface area contributed by atoms with Crippen LogP contribution in [0.4, 0.5) is 5.69 Å². The van der Waals surface area contributed by atoms with Crippen LogP contribution in [0.5, 0.6) is 0 Å². The first-order chi connectivity index (χ1) is 9.65. The molecular weight excluding hydrogens is 244 g/mol. The Morgan fingerprint density at radius 1 is 1.00 bits per heavy atom. The first kappa shape index (κ1) is 14.6. The van der Waals surface area contributed by atoms with E-state index in [4.69, 9.17) is 5.73 Å². The monoisotopic (exact) mass is 268 g/mol. The molecule has 0 fully saturated rings. The average molecular weight is 268 g/mol. The van der Waals surface area contributed by atoms with Gasteiger partial charge in [0.15, 0.2) is 0 Å². The molecule has 0 radical (unpaired) electrons. The predicted octanol–water partition coefficient (Wildman–Crippen LogP) is 4.29. The molecule has 0 amide bonds. The summed E-state index contributed by atoms with van der Waals surface area (Å²) in [5.41, 5.74) is 11.1. The Labute approximate surface area is 122 Å². The first-order valence-electron chi connectivity index (χ1n) is 7.28. The van der Waals surface area contributed by atoms with Crippen molar-refractivity contribution < 1.29 is 0 Å². The van der Waals surface area contributed by atoms with Gasteiger partial charge >= 0.3 is 0 Å². The fraction of sp³-hybridized carbons (Fsp3) is 0.333. The summed E-state index contributed by atoms with van der Waals surface area (Å²) < 4.78 is 0. The summed E-state index contributed by atoms with van der Waals surface area (Å²) in [5, 5.41) is 3.15. The summed E-state index contributed by atoms with van der Waals surface area (Å²) in [6, 6.07) is 16.9. The van der Waals surface area contributed by atoms with E-state index in [0.717, 1.165) is 23.2 Å². The smallest absolute Gasteiger partial charge is 0.0552 e. The van der Waals surface area contributed by atoms with Crippen LogP contribution in [0.25, 0.3) is 0 Å². The Morgan fingerprint density at radius 3 is 2.25 bits per heavy atom. The van der Waals surface area contributed by atoms with E-state index in [1.165, 1.54) is 5.56 Å². The van der Waals surface area contributed by atoms with Crippen molar-refractivity contribution in [1.82, 2.24) is 0 Å². The molecule has 2 atom stereocenters. The highest BCUT2D eigenvalue weighted by Gasteiger charge is 2.10. The first-order valence-corrected chi connectivity index (χ1v) is 7.28. The third-order valence-corrected chi connectivity index (χ3v) is 4.01. The number of benzene rings is 2. The maximum Gasteiger partial charge on any atom is 0.0552 e. The molecule has 2 rings (SSSR count). The van der Waals surface area contributed by atoms with Gasteiger partial charge in [-0.2, -0.15) is 0 Å². The van der Waals surface area contributed by atoms with Crippen molar-refractivity contribution in [3.8, 4) is 0 Å². The van der Waals surface area contributed by atoms with Crippen LogP contribution in [0.3, 0.4) is 0 Å². The second-order valence-electron chi connectivity index (χ2n) is 5.33. The molecule has 0 aliphatic rings. The number of hydrogen-bond acceptors (Lipinski definition) is 2. The lowest BCUT2D eigenvalue weighted by Gasteiger charge is -2.15. The van der Waals surface area contributed by atoms with E-state index in [1.54, 1.807) is 0 Å². The van der Waals surface area contributed by atoms with Gasteiger partial charge in [-0.1, -0.05) is 50.2 Å². The topological polar surface area (TPSA) is 38.0 Å². The summed E-state index contributed by atoms with van der Waals surface area (Å²) in [7, 11) is 1.92. The summed E-state index contributed by atoms with van der Waals surface area (Å²) in [4.78, 5) is 0. The molecule has 0 bridgehead atoms. The lowest BCUT2D eigenvalue weighted by Crippen LogP contribution is -2.12. The molecule has 0 saturated heterocycles. The minimum Gasteiger partial charge on any atom is -0.388 e. The lowest BCUT2D eigenvalue weighted by molar-refractivity contribution is 0.732. The molecule has 0 saturated carbocycles. The van der Waals surface area contributed by atoms with Gasteiger partial charge in [-0.3, -0.25) is 0 Å². The van der Waals surface area contributed by atoms with Crippen LogP contribution in [-0.2, 0) is 0 Å². The van der Waals surface area contributed by atoms with Gasteiger partial charge in [-0.15, -0.1) is 0 Å². The van der Waals surface area contributed by atoms with Crippen molar-refractivity contribution in [2.75, 3.05) is 12.4 Å². The lowest BCUT2D eigenvalue weighted by atomic mass is 9.94. The van der Waals surface area contributed by atoms with E-state index < -0.39 is 0 Å². The zero-order chi connectivity index (χ0) is 14.5. The van der Waals surface area contributed by atoms with E-state index in [9.17, 15) is 0 Å². The second-order valence-corrected chi connectivity index (χ2v) is 5.33. The summed E-state index contributed by atoms with van der Waals surface area (Å²) >= 11 is 0. The molecule has 20 heavy (non-hydrogen) atoms. The molecule has 2 nitrogen and oxygen atoms in total. The van der Waals surface area contributed by atoms with E-state index >= 15 is 0 Å². The number of nitrogens with one attached hydrogen (secondary N) is 1. The Balaban J connectivity index is 2.22. The van der Waals surface area contributed by atoms with Crippen molar-refractivity contribution in [2.45, 2.75) is 32.2 Å². The fourth-order valence-electron chi connectivity index (χ4n) is 2.35. The second kappa shape index (κ2) is 6.58. The molecule has 2 aromatic rings. The van der Waals surface area contributed by atoms with E-state index in [0.29, 0.717) is 5.92 Å². The van der Waals surface area contributed by atoms with Crippen molar-refractivity contribution in [2.24, 2.45) is 5.73 Å². The Morgan fingerprint density at radius 2 is 1.65 bits per heavy atom. The average Bonchev–Trinajstić information content (AvgIpc) is 2.53. The van der Waals surface area contributed by atoms with Crippen LogP contribution >= 0.6 is 0 Å². The molecule has 0 aliphatic heterocycles. The minimum atomic E-state index is -0.0747. The van der Waals surface area contributed by atoms with Crippen molar-refractivity contribution in [1.29, 1.82) is 0 Å². The number of nitrogens with two attached hydrogens (primary N) is 1. The molecular formula is C18H24N2. The van der Waals surface area contributed by atoms with E-state index in [1.807, 2.05) is 19.2 Å². The molecule has 3 N–H and O–H groups in total. The molecule has 0 aromatic heterocycles. The molecule has 106 valence electrons. The maximum absolute atomic E-state index is 6.37. The van der Waals surface area contributed by atoms with Gasteiger partial charge in [0.1, 0.15) is 0 Å². The Hall–Kier alpha value is -1.80. The molecule has 2 unspecified atom stereocenters. The van der Waals surface area contributed by atoms with Gasteiger partial charge in [0, 0.05) is 12.7 Å². The maximum atomic E-state index is 6.37. The van der Waals surface area contributed by atoms with Gasteiger partial charge in [0.25, 0.3) is 0 Å². The molecule has 2 heteroatoms. The van der Waals surface area contributed by atoms with E-state index in [-0.39, 0.29) is 6.04 Å². The fourth-order valence-corrected chi connectivity index (χ4v) is 2.35. The quantitative estimate of drug-likeness (QED) is 0.849.